The highest BCUT2D eigenvalue weighted by Gasteiger charge is 2.03. The number of hydrogen-bond donors (Lipinski definition) is 1. The molecule has 1 heterocycles. The van der Waals surface area contributed by atoms with Crippen LogP contribution in [0.25, 0.3) is 0 Å². The Morgan fingerprint density at radius 3 is 3.08 bits per heavy atom. The number of carbonyl (C=O) groups excluding carboxylic acids is 1. The van der Waals surface area contributed by atoms with E-state index in [1.54, 1.807) is 6.92 Å². The number of carbonyl (C=O) groups is 1. The van der Waals surface area contributed by atoms with Crippen LogP contribution in [0.2, 0.25) is 0 Å². The van der Waals surface area contributed by atoms with Gasteiger partial charge in [-0.25, -0.2) is 4.98 Å². The van der Waals surface area contributed by atoms with Crippen molar-refractivity contribution in [3.05, 3.63) is 16.1 Å². The van der Waals surface area contributed by atoms with Gasteiger partial charge in [-0.15, -0.1) is 11.3 Å². The Kier molecular flexibility index (Phi) is 3.37. The van der Waals surface area contributed by atoms with Crippen LogP contribution in [0.4, 0.5) is 0 Å². The fraction of sp³-hybridized carbons (Fsp3) is 0.500. The predicted molar refractivity (Wildman–Crippen MR) is 47.3 cm³/mol. The third kappa shape index (κ3) is 2.71. The molecule has 66 valence electrons. The summed E-state index contributed by atoms with van der Waals surface area (Å²) in [5.41, 5.74) is 0.816. The molecule has 0 unspecified atom stereocenters. The first-order chi connectivity index (χ1) is 5.72. The van der Waals surface area contributed by atoms with Gasteiger partial charge < -0.3 is 5.11 Å². The van der Waals surface area contributed by atoms with Gasteiger partial charge in [0.2, 0.25) is 0 Å². The number of nitrogens with zero attached hydrogens (tertiary/aromatic N) is 1. The molecular weight excluding hydrogens is 174 g/mol. The minimum absolute atomic E-state index is 0.118. The van der Waals surface area contributed by atoms with Crippen LogP contribution in [0, 0.1) is 0 Å². The molecule has 1 N–H and O–H groups in total. The summed E-state index contributed by atoms with van der Waals surface area (Å²) in [5, 5.41) is 11.4. The summed E-state index contributed by atoms with van der Waals surface area (Å²) in [5.74, 6) is 0.121. The molecule has 3 nitrogen and oxygen atoms in total. The van der Waals surface area contributed by atoms with Gasteiger partial charge in [-0.3, -0.25) is 4.79 Å². The van der Waals surface area contributed by atoms with E-state index in [0.717, 1.165) is 10.7 Å². The van der Waals surface area contributed by atoms with E-state index in [0.29, 0.717) is 12.8 Å². The largest absolute Gasteiger partial charge is 0.396 e. The first-order valence-corrected chi connectivity index (χ1v) is 4.64. The van der Waals surface area contributed by atoms with Crippen LogP contribution < -0.4 is 0 Å². The van der Waals surface area contributed by atoms with Crippen LogP contribution in [0.3, 0.4) is 0 Å². The molecule has 0 aliphatic rings. The molecule has 0 amide bonds. The van der Waals surface area contributed by atoms with Gasteiger partial charge in [0.05, 0.1) is 10.7 Å². The van der Waals surface area contributed by atoms with Gasteiger partial charge in [-0.2, -0.15) is 0 Å². The van der Waals surface area contributed by atoms with Gasteiger partial charge in [0.1, 0.15) is 5.78 Å². The van der Waals surface area contributed by atoms with Crippen LogP contribution in [0.15, 0.2) is 5.38 Å². The van der Waals surface area contributed by atoms with E-state index in [2.05, 4.69) is 4.98 Å². The summed E-state index contributed by atoms with van der Waals surface area (Å²) in [6.45, 7) is 1.66. The van der Waals surface area contributed by atoms with E-state index >= 15 is 0 Å². The van der Waals surface area contributed by atoms with Gasteiger partial charge in [0.25, 0.3) is 0 Å². The summed E-state index contributed by atoms with van der Waals surface area (Å²) in [4.78, 5) is 14.9. The van der Waals surface area contributed by atoms with Crippen LogP contribution >= 0.6 is 11.3 Å². The smallest absolute Gasteiger partial charge is 0.135 e. The van der Waals surface area contributed by atoms with Crippen molar-refractivity contribution in [3.8, 4) is 0 Å². The van der Waals surface area contributed by atoms with Crippen molar-refractivity contribution in [2.45, 2.75) is 19.8 Å². The zero-order valence-electron chi connectivity index (χ0n) is 6.91. The van der Waals surface area contributed by atoms with E-state index in [-0.39, 0.29) is 12.4 Å². The zero-order valence-corrected chi connectivity index (χ0v) is 7.73. The number of aromatic nitrogens is 1. The number of Topliss-reactive ketones (excluding diaryl/α,β-unsaturated/α-hetero) is 1. The molecule has 1 aromatic heterocycles. The number of aliphatic hydroxyl groups is 1. The zero-order chi connectivity index (χ0) is 8.97. The quantitative estimate of drug-likeness (QED) is 0.755. The van der Waals surface area contributed by atoms with Gasteiger partial charge in [-0.05, 0) is 6.92 Å². The Balaban J connectivity index is 2.58. The number of ketones is 1. The summed E-state index contributed by atoms with van der Waals surface area (Å²) in [7, 11) is 0. The van der Waals surface area contributed by atoms with Gasteiger partial charge in [0, 0.05) is 24.8 Å². The minimum Gasteiger partial charge on any atom is -0.396 e. The average molecular weight is 185 g/mol. The third-order valence-electron chi connectivity index (χ3n) is 1.36. The molecule has 1 rings (SSSR count). The van der Waals surface area contributed by atoms with Crippen molar-refractivity contribution in [2.75, 3.05) is 6.61 Å². The number of aliphatic hydroxyl groups excluding tert-OH is 1. The maximum atomic E-state index is 10.7. The normalized spacial score (nSPS) is 10.2. The first kappa shape index (κ1) is 9.35. The van der Waals surface area contributed by atoms with Crippen LogP contribution in [-0.4, -0.2) is 22.5 Å². The monoisotopic (exact) mass is 185 g/mol. The summed E-state index contributed by atoms with van der Waals surface area (Å²) in [6.07, 6.45) is 0.991. The summed E-state index contributed by atoms with van der Waals surface area (Å²) < 4.78 is 0. The van der Waals surface area contributed by atoms with Gasteiger partial charge >= 0.3 is 0 Å². The molecule has 0 fully saturated rings. The van der Waals surface area contributed by atoms with Crippen LogP contribution in [-0.2, 0) is 17.6 Å². The molecule has 0 spiro atoms. The molecule has 0 saturated heterocycles. The third-order valence-corrected chi connectivity index (χ3v) is 2.31. The maximum Gasteiger partial charge on any atom is 0.135 e. The topological polar surface area (TPSA) is 50.2 Å². The van der Waals surface area contributed by atoms with Crippen molar-refractivity contribution in [1.82, 2.24) is 4.98 Å². The van der Waals surface area contributed by atoms with Gasteiger partial charge in [0.15, 0.2) is 0 Å². The van der Waals surface area contributed by atoms with E-state index in [4.69, 9.17) is 5.11 Å². The second-order valence-electron chi connectivity index (χ2n) is 2.58. The summed E-state index contributed by atoms with van der Waals surface area (Å²) >= 11 is 1.49. The molecule has 0 saturated carbocycles. The number of rotatable bonds is 4. The average Bonchev–Trinajstić information content (AvgIpc) is 2.36. The number of thiazole rings is 1. The van der Waals surface area contributed by atoms with Crippen molar-refractivity contribution < 1.29 is 9.90 Å². The molecular formula is C8H11NO2S. The Morgan fingerprint density at radius 2 is 2.50 bits per heavy atom. The van der Waals surface area contributed by atoms with Crippen molar-refractivity contribution in [1.29, 1.82) is 0 Å². The SMILES string of the molecule is CC(=O)Cc1csc(CCO)n1. The number of hydrogen-bond acceptors (Lipinski definition) is 4. The molecule has 0 aliphatic carbocycles. The fourth-order valence-corrected chi connectivity index (χ4v) is 1.68. The van der Waals surface area contributed by atoms with Crippen molar-refractivity contribution in [3.63, 3.8) is 0 Å². The highest BCUT2D eigenvalue weighted by Crippen LogP contribution is 2.10. The molecule has 0 aromatic carbocycles. The molecule has 0 atom stereocenters. The first-order valence-electron chi connectivity index (χ1n) is 3.76. The van der Waals surface area contributed by atoms with E-state index in [1.165, 1.54) is 11.3 Å². The Labute approximate surface area is 75.1 Å². The molecule has 1 aromatic rings. The standard InChI is InChI=1S/C8H11NO2S/c1-6(11)4-7-5-12-8(9-7)2-3-10/h5,10H,2-4H2,1H3. The lowest BCUT2D eigenvalue weighted by Crippen LogP contribution is -1.97. The minimum atomic E-state index is 0.118. The van der Waals surface area contributed by atoms with E-state index < -0.39 is 0 Å². The second kappa shape index (κ2) is 4.33. The van der Waals surface area contributed by atoms with E-state index in [9.17, 15) is 4.79 Å². The molecule has 0 bridgehead atoms. The van der Waals surface area contributed by atoms with Crippen LogP contribution in [0.1, 0.15) is 17.6 Å². The predicted octanol–water partition coefficient (Wildman–Crippen LogP) is 0.809. The molecule has 0 aliphatic heterocycles. The lowest BCUT2D eigenvalue weighted by Gasteiger charge is -1.89. The fourth-order valence-electron chi connectivity index (χ4n) is 0.896. The molecule has 12 heavy (non-hydrogen) atoms. The van der Waals surface area contributed by atoms with E-state index in [1.807, 2.05) is 5.38 Å². The Bertz CT molecular complexity index is 270. The molecule has 4 heteroatoms. The molecule has 0 radical (unpaired) electrons. The Morgan fingerprint density at radius 1 is 1.75 bits per heavy atom. The summed E-state index contributed by atoms with van der Waals surface area (Å²) in [6, 6.07) is 0. The Hall–Kier alpha value is -0.740. The van der Waals surface area contributed by atoms with Crippen molar-refractivity contribution in [2.24, 2.45) is 0 Å². The maximum absolute atomic E-state index is 10.7. The highest BCUT2D eigenvalue weighted by molar-refractivity contribution is 7.09. The van der Waals surface area contributed by atoms with Crippen molar-refractivity contribution >= 4 is 17.1 Å². The van der Waals surface area contributed by atoms with Gasteiger partial charge in [-0.1, -0.05) is 0 Å². The van der Waals surface area contributed by atoms with Crippen LogP contribution in [0.5, 0.6) is 0 Å². The lowest BCUT2D eigenvalue weighted by molar-refractivity contribution is -0.116. The highest BCUT2D eigenvalue weighted by atomic mass is 32.1. The lowest BCUT2D eigenvalue weighted by atomic mass is 10.2. The second-order valence-corrected chi connectivity index (χ2v) is 3.53.